The molecule has 0 amide bonds. The average molecular weight is 426 g/mol. The SMILES string of the molecule is CN=C(NCCN(C)CCCOC)NCC(c1ccc(Cl)cc1)N1CCOCC1. The summed E-state index contributed by atoms with van der Waals surface area (Å²) < 4.78 is 10.6. The van der Waals surface area contributed by atoms with E-state index >= 15 is 0 Å². The Kier molecular flexibility index (Phi) is 11.3. The molecule has 0 bridgehead atoms. The number of nitrogens with zero attached hydrogens (tertiary/aromatic N) is 3. The van der Waals surface area contributed by atoms with Crippen molar-refractivity contribution < 1.29 is 9.47 Å². The summed E-state index contributed by atoms with van der Waals surface area (Å²) in [5, 5.41) is 7.66. The first-order chi connectivity index (χ1) is 14.1. The molecule has 0 aromatic heterocycles. The summed E-state index contributed by atoms with van der Waals surface area (Å²) in [7, 11) is 5.68. The van der Waals surface area contributed by atoms with Gasteiger partial charge in [0.05, 0.1) is 19.3 Å². The van der Waals surface area contributed by atoms with Crippen molar-refractivity contribution in [2.24, 2.45) is 4.99 Å². The number of hydrogen-bond acceptors (Lipinski definition) is 5. The zero-order valence-electron chi connectivity index (χ0n) is 18.0. The third-order valence-electron chi connectivity index (χ3n) is 5.10. The van der Waals surface area contributed by atoms with Crippen LogP contribution in [0.4, 0.5) is 0 Å². The molecule has 1 aliphatic rings. The van der Waals surface area contributed by atoms with Gasteiger partial charge in [-0.05, 0) is 31.2 Å². The smallest absolute Gasteiger partial charge is 0.191 e. The molecular formula is C21H36ClN5O2. The molecule has 164 valence electrons. The van der Waals surface area contributed by atoms with E-state index < -0.39 is 0 Å². The average Bonchev–Trinajstić information content (AvgIpc) is 2.74. The highest BCUT2D eigenvalue weighted by Crippen LogP contribution is 2.23. The first kappa shape index (κ1) is 23.9. The second kappa shape index (κ2) is 13.8. The molecule has 1 unspecified atom stereocenters. The number of methoxy groups -OCH3 is 1. The zero-order valence-corrected chi connectivity index (χ0v) is 18.7. The quantitative estimate of drug-likeness (QED) is 0.320. The molecule has 2 N–H and O–H groups in total. The van der Waals surface area contributed by atoms with Gasteiger partial charge in [-0.1, -0.05) is 23.7 Å². The van der Waals surface area contributed by atoms with Gasteiger partial charge in [0, 0.05) is 65.1 Å². The molecule has 0 aliphatic carbocycles. The molecule has 29 heavy (non-hydrogen) atoms. The maximum Gasteiger partial charge on any atom is 0.191 e. The fraction of sp³-hybridized carbons (Fsp3) is 0.667. The first-order valence-corrected chi connectivity index (χ1v) is 10.7. The molecule has 1 aromatic carbocycles. The summed E-state index contributed by atoms with van der Waals surface area (Å²) in [6, 6.07) is 8.37. The summed E-state index contributed by atoms with van der Waals surface area (Å²) in [5.74, 6) is 0.822. The van der Waals surface area contributed by atoms with Gasteiger partial charge in [0.2, 0.25) is 0 Å². The Hall–Kier alpha value is -1.38. The van der Waals surface area contributed by atoms with Gasteiger partial charge in [0.15, 0.2) is 5.96 Å². The normalized spacial score (nSPS) is 16.8. The van der Waals surface area contributed by atoms with Gasteiger partial charge in [-0.3, -0.25) is 9.89 Å². The highest BCUT2D eigenvalue weighted by molar-refractivity contribution is 6.30. The molecule has 7 nitrogen and oxygen atoms in total. The Bertz CT molecular complexity index is 593. The Morgan fingerprint density at radius 1 is 1.24 bits per heavy atom. The first-order valence-electron chi connectivity index (χ1n) is 10.3. The predicted molar refractivity (Wildman–Crippen MR) is 120 cm³/mol. The van der Waals surface area contributed by atoms with Crippen LogP contribution < -0.4 is 10.6 Å². The number of guanidine groups is 1. The van der Waals surface area contributed by atoms with Crippen molar-refractivity contribution in [2.45, 2.75) is 12.5 Å². The summed E-state index contributed by atoms with van der Waals surface area (Å²) in [4.78, 5) is 9.13. The lowest BCUT2D eigenvalue weighted by atomic mass is 10.0. The Morgan fingerprint density at radius 3 is 2.62 bits per heavy atom. The number of morpholine rings is 1. The number of hydrogen-bond donors (Lipinski definition) is 2. The molecule has 1 heterocycles. The van der Waals surface area contributed by atoms with Gasteiger partial charge in [-0.2, -0.15) is 0 Å². The number of rotatable bonds is 11. The van der Waals surface area contributed by atoms with E-state index in [0.717, 1.165) is 76.5 Å². The molecule has 0 saturated carbocycles. The maximum atomic E-state index is 6.09. The second-order valence-corrected chi connectivity index (χ2v) is 7.68. The summed E-state index contributed by atoms with van der Waals surface area (Å²) in [6.07, 6.45) is 1.04. The van der Waals surface area contributed by atoms with E-state index in [1.54, 1.807) is 7.11 Å². The predicted octanol–water partition coefficient (Wildman–Crippen LogP) is 1.85. The van der Waals surface area contributed by atoms with Gasteiger partial charge in [-0.25, -0.2) is 0 Å². The highest BCUT2D eigenvalue weighted by Gasteiger charge is 2.22. The lowest BCUT2D eigenvalue weighted by molar-refractivity contribution is 0.0170. The van der Waals surface area contributed by atoms with E-state index in [9.17, 15) is 0 Å². The van der Waals surface area contributed by atoms with Crippen molar-refractivity contribution in [2.75, 3.05) is 80.3 Å². The van der Waals surface area contributed by atoms with Crippen LogP contribution in [-0.4, -0.2) is 96.1 Å². The van der Waals surface area contributed by atoms with E-state index in [1.807, 2.05) is 19.2 Å². The van der Waals surface area contributed by atoms with Crippen LogP contribution in [0.2, 0.25) is 5.02 Å². The lowest BCUT2D eigenvalue weighted by Gasteiger charge is -2.35. The van der Waals surface area contributed by atoms with Crippen LogP contribution in [-0.2, 0) is 9.47 Å². The van der Waals surface area contributed by atoms with Gasteiger partial charge in [0.1, 0.15) is 0 Å². The largest absolute Gasteiger partial charge is 0.385 e. The molecule has 1 saturated heterocycles. The Balaban J connectivity index is 1.85. The van der Waals surface area contributed by atoms with Crippen molar-refractivity contribution in [3.8, 4) is 0 Å². The second-order valence-electron chi connectivity index (χ2n) is 7.25. The molecule has 1 aliphatic heterocycles. The molecule has 1 atom stereocenters. The molecule has 1 aromatic rings. The Labute approximate surface area is 180 Å². The zero-order chi connectivity index (χ0) is 20.9. The minimum Gasteiger partial charge on any atom is -0.385 e. The highest BCUT2D eigenvalue weighted by atomic mass is 35.5. The summed E-state index contributed by atoms with van der Waals surface area (Å²) in [5.41, 5.74) is 1.25. The molecule has 2 rings (SSSR count). The number of benzene rings is 1. The van der Waals surface area contributed by atoms with Crippen LogP contribution in [0, 0.1) is 0 Å². The molecule has 0 radical (unpaired) electrons. The number of halogens is 1. The minimum absolute atomic E-state index is 0.242. The van der Waals surface area contributed by atoms with Crippen LogP contribution in [0.25, 0.3) is 0 Å². The van der Waals surface area contributed by atoms with Crippen molar-refractivity contribution in [3.05, 3.63) is 34.9 Å². The maximum absolute atomic E-state index is 6.09. The van der Waals surface area contributed by atoms with E-state index in [1.165, 1.54) is 5.56 Å². The third kappa shape index (κ3) is 8.88. The van der Waals surface area contributed by atoms with E-state index in [2.05, 4.69) is 44.6 Å². The van der Waals surface area contributed by atoms with Crippen molar-refractivity contribution in [1.82, 2.24) is 20.4 Å². The number of nitrogens with one attached hydrogen (secondary N) is 2. The van der Waals surface area contributed by atoms with Crippen molar-refractivity contribution >= 4 is 17.6 Å². The van der Waals surface area contributed by atoms with Crippen molar-refractivity contribution in [3.63, 3.8) is 0 Å². The topological polar surface area (TPSA) is 61.4 Å². The fourth-order valence-corrected chi connectivity index (χ4v) is 3.53. The van der Waals surface area contributed by atoms with E-state index in [0.29, 0.717) is 0 Å². The molecule has 1 fully saturated rings. The molecule has 8 heteroatoms. The van der Waals surface area contributed by atoms with Crippen LogP contribution in [0.15, 0.2) is 29.3 Å². The third-order valence-corrected chi connectivity index (χ3v) is 5.35. The van der Waals surface area contributed by atoms with Crippen LogP contribution >= 0.6 is 11.6 Å². The standard InChI is InChI=1S/C21H36ClN5O2/c1-23-21(24-9-11-26(2)10-4-14-28-3)25-17-20(27-12-15-29-16-13-27)18-5-7-19(22)8-6-18/h5-8,20H,4,9-17H2,1-3H3,(H2,23,24,25). The summed E-state index contributed by atoms with van der Waals surface area (Å²) >= 11 is 6.09. The molecule has 0 spiro atoms. The van der Waals surface area contributed by atoms with Crippen LogP contribution in [0.1, 0.15) is 18.0 Å². The van der Waals surface area contributed by atoms with Gasteiger partial charge in [0.25, 0.3) is 0 Å². The van der Waals surface area contributed by atoms with Crippen LogP contribution in [0.3, 0.4) is 0 Å². The van der Waals surface area contributed by atoms with E-state index in [-0.39, 0.29) is 6.04 Å². The van der Waals surface area contributed by atoms with Crippen molar-refractivity contribution in [1.29, 1.82) is 0 Å². The molecular weight excluding hydrogens is 390 g/mol. The Morgan fingerprint density at radius 2 is 1.97 bits per heavy atom. The van der Waals surface area contributed by atoms with Gasteiger partial charge >= 0.3 is 0 Å². The fourth-order valence-electron chi connectivity index (χ4n) is 3.40. The number of likely N-dealkylation sites (N-methyl/N-ethyl adjacent to an activating group) is 1. The van der Waals surface area contributed by atoms with E-state index in [4.69, 9.17) is 21.1 Å². The monoisotopic (exact) mass is 425 g/mol. The summed E-state index contributed by atoms with van der Waals surface area (Å²) in [6.45, 7) is 7.77. The number of ether oxygens (including phenoxy) is 2. The van der Waals surface area contributed by atoms with Gasteiger partial charge in [-0.15, -0.1) is 0 Å². The van der Waals surface area contributed by atoms with Gasteiger partial charge < -0.3 is 25.0 Å². The number of aliphatic imine (C=N–C) groups is 1. The lowest BCUT2D eigenvalue weighted by Crippen LogP contribution is -2.47. The van der Waals surface area contributed by atoms with Crippen LogP contribution in [0.5, 0.6) is 0 Å². The minimum atomic E-state index is 0.242.